The predicted molar refractivity (Wildman–Crippen MR) is 54.5 cm³/mol. The van der Waals surface area contributed by atoms with Gasteiger partial charge in [-0.25, -0.2) is 4.98 Å². The van der Waals surface area contributed by atoms with Gasteiger partial charge in [0.15, 0.2) is 11.3 Å². The van der Waals surface area contributed by atoms with E-state index >= 15 is 0 Å². The van der Waals surface area contributed by atoms with E-state index in [1.54, 1.807) is 0 Å². The van der Waals surface area contributed by atoms with Crippen LogP contribution in [0.1, 0.15) is 20.9 Å². The van der Waals surface area contributed by atoms with Crippen molar-refractivity contribution in [3.05, 3.63) is 28.3 Å². The molecular formula is C10H9NOS. The SMILES string of the molecule is Cc1ccc(C)c2sc(C=O)nc12. The van der Waals surface area contributed by atoms with Gasteiger partial charge in [0.2, 0.25) is 0 Å². The fourth-order valence-corrected chi connectivity index (χ4v) is 2.25. The Morgan fingerprint density at radius 1 is 1.31 bits per heavy atom. The van der Waals surface area contributed by atoms with Crippen LogP contribution < -0.4 is 0 Å². The molecule has 0 fully saturated rings. The molecule has 0 saturated heterocycles. The highest BCUT2D eigenvalue weighted by Crippen LogP contribution is 2.26. The van der Waals surface area contributed by atoms with Crippen molar-refractivity contribution in [3.8, 4) is 0 Å². The van der Waals surface area contributed by atoms with E-state index in [0.29, 0.717) is 5.01 Å². The van der Waals surface area contributed by atoms with Crippen molar-refractivity contribution >= 4 is 27.8 Å². The summed E-state index contributed by atoms with van der Waals surface area (Å²) in [5.74, 6) is 0. The van der Waals surface area contributed by atoms with Crippen LogP contribution in [0.15, 0.2) is 12.1 Å². The van der Waals surface area contributed by atoms with Crippen LogP contribution in [0.3, 0.4) is 0 Å². The molecule has 0 unspecified atom stereocenters. The molecule has 0 atom stereocenters. The molecule has 3 heteroatoms. The molecule has 0 radical (unpaired) electrons. The fraction of sp³-hybridized carbons (Fsp3) is 0.200. The number of thiazole rings is 1. The van der Waals surface area contributed by atoms with Gasteiger partial charge >= 0.3 is 0 Å². The van der Waals surface area contributed by atoms with Crippen LogP contribution in [0, 0.1) is 13.8 Å². The molecule has 0 bridgehead atoms. The quantitative estimate of drug-likeness (QED) is 0.649. The Morgan fingerprint density at radius 2 is 2.00 bits per heavy atom. The van der Waals surface area contributed by atoms with Crippen molar-refractivity contribution in [1.82, 2.24) is 4.98 Å². The van der Waals surface area contributed by atoms with Gasteiger partial charge in [0.1, 0.15) is 0 Å². The van der Waals surface area contributed by atoms with E-state index in [2.05, 4.69) is 11.1 Å². The number of fused-ring (bicyclic) bond motifs is 1. The minimum Gasteiger partial charge on any atom is -0.295 e. The summed E-state index contributed by atoms with van der Waals surface area (Å²) in [5.41, 5.74) is 3.28. The molecule has 1 aromatic carbocycles. The lowest BCUT2D eigenvalue weighted by Gasteiger charge is -1.96. The number of benzene rings is 1. The third-order valence-electron chi connectivity index (χ3n) is 2.06. The van der Waals surface area contributed by atoms with Crippen LogP contribution >= 0.6 is 11.3 Å². The smallest absolute Gasteiger partial charge is 0.178 e. The molecule has 1 heterocycles. The molecule has 0 saturated carbocycles. The number of aldehydes is 1. The Labute approximate surface area is 80.2 Å². The molecule has 1 aromatic heterocycles. The van der Waals surface area contributed by atoms with E-state index in [1.165, 1.54) is 16.9 Å². The number of hydrogen-bond acceptors (Lipinski definition) is 3. The van der Waals surface area contributed by atoms with Gasteiger partial charge in [-0.3, -0.25) is 4.79 Å². The third kappa shape index (κ3) is 1.25. The van der Waals surface area contributed by atoms with Crippen LogP contribution in [-0.2, 0) is 0 Å². The number of aromatic nitrogens is 1. The van der Waals surface area contributed by atoms with E-state index in [4.69, 9.17) is 0 Å². The molecule has 2 nitrogen and oxygen atoms in total. The lowest BCUT2D eigenvalue weighted by molar-refractivity contribution is 0.112. The molecule has 0 amide bonds. The van der Waals surface area contributed by atoms with Crippen molar-refractivity contribution in [1.29, 1.82) is 0 Å². The highest BCUT2D eigenvalue weighted by molar-refractivity contribution is 7.20. The standard InChI is InChI=1S/C10H9NOS/c1-6-3-4-7(2)10-9(6)11-8(5-12)13-10/h3-5H,1-2H3. The Bertz CT molecular complexity index is 434. The number of aryl methyl sites for hydroxylation is 2. The number of rotatable bonds is 1. The minimum atomic E-state index is 0.562. The molecule has 0 spiro atoms. The lowest BCUT2D eigenvalue weighted by atomic mass is 10.1. The zero-order valence-electron chi connectivity index (χ0n) is 7.50. The van der Waals surface area contributed by atoms with Crippen LogP contribution in [0.2, 0.25) is 0 Å². The van der Waals surface area contributed by atoms with Crippen LogP contribution in [0.5, 0.6) is 0 Å². The topological polar surface area (TPSA) is 30.0 Å². The highest BCUT2D eigenvalue weighted by Gasteiger charge is 2.06. The first-order valence-electron chi connectivity index (χ1n) is 4.04. The first kappa shape index (κ1) is 8.38. The maximum Gasteiger partial charge on any atom is 0.178 e. The van der Waals surface area contributed by atoms with Crippen molar-refractivity contribution in [2.45, 2.75) is 13.8 Å². The van der Waals surface area contributed by atoms with E-state index in [9.17, 15) is 4.79 Å². The van der Waals surface area contributed by atoms with Crippen LogP contribution in [-0.4, -0.2) is 11.3 Å². The first-order chi connectivity index (χ1) is 6.22. The van der Waals surface area contributed by atoms with Gasteiger partial charge in [0.05, 0.1) is 10.2 Å². The Hall–Kier alpha value is -1.22. The molecule has 66 valence electrons. The number of nitrogens with zero attached hydrogens (tertiary/aromatic N) is 1. The van der Waals surface area contributed by atoms with E-state index in [1.807, 2.05) is 19.9 Å². The van der Waals surface area contributed by atoms with Gasteiger partial charge in [0, 0.05) is 0 Å². The second kappa shape index (κ2) is 2.92. The summed E-state index contributed by atoms with van der Waals surface area (Å²) in [6, 6.07) is 4.09. The maximum atomic E-state index is 10.5. The summed E-state index contributed by atoms with van der Waals surface area (Å²) in [5, 5.41) is 0.562. The van der Waals surface area contributed by atoms with Crippen molar-refractivity contribution < 1.29 is 4.79 Å². The second-order valence-corrected chi connectivity index (χ2v) is 4.08. The monoisotopic (exact) mass is 191 g/mol. The Morgan fingerprint density at radius 3 is 2.62 bits per heavy atom. The average molecular weight is 191 g/mol. The summed E-state index contributed by atoms with van der Waals surface area (Å²) in [4.78, 5) is 14.8. The molecular weight excluding hydrogens is 182 g/mol. The molecule has 2 aromatic rings. The molecule has 0 aliphatic carbocycles. The second-order valence-electron chi connectivity index (χ2n) is 3.05. The Balaban J connectivity index is 2.87. The fourth-order valence-electron chi connectivity index (χ4n) is 1.33. The molecule has 0 aliphatic heterocycles. The van der Waals surface area contributed by atoms with Crippen LogP contribution in [0.4, 0.5) is 0 Å². The maximum absolute atomic E-state index is 10.5. The van der Waals surface area contributed by atoms with Crippen molar-refractivity contribution in [3.63, 3.8) is 0 Å². The summed E-state index contributed by atoms with van der Waals surface area (Å²) >= 11 is 1.46. The third-order valence-corrected chi connectivity index (χ3v) is 3.18. The largest absolute Gasteiger partial charge is 0.295 e. The zero-order chi connectivity index (χ0) is 9.42. The van der Waals surface area contributed by atoms with Crippen molar-refractivity contribution in [2.24, 2.45) is 0 Å². The summed E-state index contributed by atoms with van der Waals surface area (Å²) in [7, 11) is 0. The predicted octanol–water partition coefficient (Wildman–Crippen LogP) is 2.73. The normalized spacial score (nSPS) is 10.6. The number of carbonyl (C=O) groups excluding carboxylic acids is 1. The van der Waals surface area contributed by atoms with Gasteiger partial charge in [-0.15, -0.1) is 11.3 Å². The van der Waals surface area contributed by atoms with Gasteiger partial charge in [-0.05, 0) is 25.0 Å². The van der Waals surface area contributed by atoms with Gasteiger partial charge in [-0.1, -0.05) is 12.1 Å². The zero-order valence-corrected chi connectivity index (χ0v) is 8.31. The van der Waals surface area contributed by atoms with E-state index < -0.39 is 0 Å². The molecule has 13 heavy (non-hydrogen) atoms. The van der Waals surface area contributed by atoms with Gasteiger partial charge < -0.3 is 0 Å². The average Bonchev–Trinajstić information content (AvgIpc) is 2.56. The highest BCUT2D eigenvalue weighted by atomic mass is 32.1. The molecule has 2 rings (SSSR count). The lowest BCUT2D eigenvalue weighted by Crippen LogP contribution is -1.79. The molecule has 0 N–H and O–H groups in total. The van der Waals surface area contributed by atoms with Gasteiger partial charge in [-0.2, -0.15) is 0 Å². The van der Waals surface area contributed by atoms with Crippen molar-refractivity contribution in [2.75, 3.05) is 0 Å². The van der Waals surface area contributed by atoms with E-state index in [-0.39, 0.29) is 0 Å². The minimum absolute atomic E-state index is 0.562. The summed E-state index contributed by atoms with van der Waals surface area (Å²) in [6.45, 7) is 4.05. The number of hydrogen-bond donors (Lipinski definition) is 0. The summed E-state index contributed by atoms with van der Waals surface area (Å²) < 4.78 is 1.13. The Kier molecular flexibility index (Phi) is 1.88. The summed E-state index contributed by atoms with van der Waals surface area (Å²) in [6.07, 6.45) is 0.809. The van der Waals surface area contributed by atoms with E-state index in [0.717, 1.165) is 22.1 Å². The first-order valence-corrected chi connectivity index (χ1v) is 4.86. The number of carbonyl (C=O) groups is 1. The molecule has 0 aliphatic rings. The van der Waals surface area contributed by atoms with Gasteiger partial charge in [0.25, 0.3) is 0 Å². The van der Waals surface area contributed by atoms with Crippen LogP contribution in [0.25, 0.3) is 10.2 Å².